The Balaban J connectivity index is 2.13. The Kier molecular flexibility index (Phi) is 2.08. The lowest BCUT2D eigenvalue weighted by Gasteiger charge is -2.05. The second kappa shape index (κ2) is 3.39. The molecular formula is C10H10O3. The van der Waals surface area contributed by atoms with Gasteiger partial charge in [0.15, 0.2) is 17.3 Å². The smallest absolute Gasteiger partial charge is 0.169 e. The lowest BCUT2D eigenvalue weighted by atomic mass is 10.3. The predicted molar refractivity (Wildman–Crippen MR) is 47.7 cm³/mol. The zero-order valence-corrected chi connectivity index (χ0v) is 7.32. The summed E-state index contributed by atoms with van der Waals surface area (Å²) in [6.45, 7) is 0.676. The number of para-hydroxylation sites is 2. The van der Waals surface area contributed by atoms with Gasteiger partial charge >= 0.3 is 0 Å². The van der Waals surface area contributed by atoms with Gasteiger partial charge in [-0.3, -0.25) is 0 Å². The predicted octanol–water partition coefficient (Wildman–Crippen LogP) is 1.95. The maximum atomic E-state index is 5.34. The standard InChI is InChI=1S/C10H10O3/c1-11-9-4-2-3-5-10(9)13-7-8-6-12-8/h2-5,7H,6H2,1H3/b8-7-. The topological polar surface area (TPSA) is 31.0 Å². The van der Waals surface area contributed by atoms with Crippen molar-refractivity contribution in [1.29, 1.82) is 0 Å². The highest BCUT2D eigenvalue weighted by atomic mass is 16.6. The van der Waals surface area contributed by atoms with E-state index in [0.717, 1.165) is 11.5 Å². The summed E-state index contributed by atoms with van der Waals surface area (Å²) in [5.41, 5.74) is 0. The summed E-state index contributed by atoms with van der Waals surface area (Å²) in [6.07, 6.45) is 1.60. The van der Waals surface area contributed by atoms with Gasteiger partial charge in [0.25, 0.3) is 0 Å². The zero-order valence-electron chi connectivity index (χ0n) is 7.32. The molecule has 0 atom stereocenters. The SMILES string of the molecule is COc1ccccc1O/C=C1/CO1. The fourth-order valence-electron chi connectivity index (χ4n) is 0.955. The van der Waals surface area contributed by atoms with Gasteiger partial charge in [-0.05, 0) is 12.1 Å². The summed E-state index contributed by atoms with van der Waals surface area (Å²) in [4.78, 5) is 0. The van der Waals surface area contributed by atoms with E-state index in [9.17, 15) is 0 Å². The number of epoxide rings is 1. The van der Waals surface area contributed by atoms with E-state index in [0.29, 0.717) is 12.4 Å². The van der Waals surface area contributed by atoms with Gasteiger partial charge in [-0.15, -0.1) is 0 Å². The highest BCUT2D eigenvalue weighted by Crippen LogP contribution is 2.27. The van der Waals surface area contributed by atoms with Crippen LogP contribution in [0.1, 0.15) is 0 Å². The van der Waals surface area contributed by atoms with Crippen molar-refractivity contribution < 1.29 is 14.2 Å². The first-order valence-electron chi connectivity index (χ1n) is 4.01. The minimum absolute atomic E-state index is 0.676. The van der Waals surface area contributed by atoms with E-state index < -0.39 is 0 Å². The van der Waals surface area contributed by atoms with E-state index in [1.54, 1.807) is 13.4 Å². The van der Waals surface area contributed by atoms with Crippen LogP contribution in [0.4, 0.5) is 0 Å². The first-order valence-corrected chi connectivity index (χ1v) is 4.01. The molecule has 0 unspecified atom stereocenters. The van der Waals surface area contributed by atoms with Gasteiger partial charge in [0.1, 0.15) is 12.9 Å². The van der Waals surface area contributed by atoms with Gasteiger partial charge in [0.05, 0.1) is 7.11 Å². The Labute approximate surface area is 76.5 Å². The average molecular weight is 178 g/mol. The molecule has 0 aromatic heterocycles. The highest BCUT2D eigenvalue weighted by Gasteiger charge is 2.13. The zero-order chi connectivity index (χ0) is 9.10. The molecule has 3 heteroatoms. The Morgan fingerprint density at radius 3 is 2.62 bits per heavy atom. The van der Waals surface area contributed by atoms with Crippen molar-refractivity contribution in [2.24, 2.45) is 0 Å². The molecule has 0 bridgehead atoms. The number of hydrogen-bond donors (Lipinski definition) is 0. The van der Waals surface area contributed by atoms with Crippen LogP contribution in [-0.4, -0.2) is 13.7 Å². The van der Waals surface area contributed by atoms with Crippen LogP contribution in [0.3, 0.4) is 0 Å². The van der Waals surface area contributed by atoms with Crippen LogP contribution in [0.25, 0.3) is 0 Å². The second-order valence-corrected chi connectivity index (χ2v) is 2.64. The quantitative estimate of drug-likeness (QED) is 0.523. The van der Waals surface area contributed by atoms with Crippen molar-refractivity contribution in [1.82, 2.24) is 0 Å². The van der Waals surface area contributed by atoms with Crippen LogP contribution in [0.2, 0.25) is 0 Å². The Hall–Kier alpha value is -1.64. The molecule has 1 aromatic carbocycles. The molecule has 0 amide bonds. The summed E-state index contributed by atoms with van der Waals surface area (Å²) in [6, 6.07) is 7.48. The van der Waals surface area contributed by atoms with Crippen LogP contribution in [0.5, 0.6) is 11.5 Å². The monoisotopic (exact) mass is 178 g/mol. The molecule has 1 saturated heterocycles. The molecule has 1 aliphatic rings. The Morgan fingerprint density at radius 1 is 1.31 bits per heavy atom. The molecule has 13 heavy (non-hydrogen) atoms. The molecule has 1 heterocycles. The van der Waals surface area contributed by atoms with Gasteiger partial charge in [-0.25, -0.2) is 0 Å². The molecule has 0 N–H and O–H groups in total. The Bertz CT molecular complexity index is 325. The average Bonchev–Trinajstić information content (AvgIpc) is 2.99. The normalized spacial score (nSPS) is 16.5. The van der Waals surface area contributed by atoms with Crippen molar-refractivity contribution in [3.63, 3.8) is 0 Å². The third-order valence-electron chi connectivity index (χ3n) is 1.70. The molecule has 1 fully saturated rings. The third-order valence-corrected chi connectivity index (χ3v) is 1.70. The molecule has 3 nitrogen and oxygen atoms in total. The van der Waals surface area contributed by atoms with Crippen molar-refractivity contribution in [2.45, 2.75) is 0 Å². The maximum Gasteiger partial charge on any atom is 0.169 e. The second-order valence-electron chi connectivity index (χ2n) is 2.64. The highest BCUT2D eigenvalue weighted by molar-refractivity contribution is 5.39. The first-order chi connectivity index (χ1) is 6.40. The number of ether oxygens (including phenoxy) is 3. The molecular weight excluding hydrogens is 168 g/mol. The van der Waals surface area contributed by atoms with Gasteiger partial charge < -0.3 is 14.2 Å². The van der Waals surface area contributed by atoms with Crippen molar-refractivity contribution in [3.05, 3.63) is 36.3 Å². The van der Waals surface area contributed by atoms with E-state index in [1.165, 1.54) is 0 Å². The van der Waals surface area contributed by atoms with Gasteiger partial charge in [0.2, 0.25) is 0 Å². The summed E-state index contributed by atoms with van der Waals surface area (Å²) < 4.78 is 15.3. The number of benzene rings is 1. The van der Waals surface area contributed by atoms with Crippen molar-refractivity contribution in [3.8, 4) is 11.5 Å². The van der Waals surface area contributed by atoms with Crippen LogP contribution in [0, 0.1) is 0 Å². The van der Waals surface area contributed by atoms with Gasteiger partial charge in [-0.1, -0.05) is 12.1 Å². The lowest BCUT2D eigenvalue weighted by molar-refractivity contribution is 0.374. The summed E-state index contributed by atoms with van der Waals surface area (Å²) in [5.74, 6) is 2.29. The summed E-state index contributed by atoms with van der Waals surface area (Å²) in [7, 11) is 1.61. The lowest BCUT2D eigenvalue weighted by Crippen LogP contribution is -1.88. The first kappa shape index (κ1) is 7.98. The molecule has 0 radical (unpaired) electrons. The Morgan fingerprint density at radius 2 is 2.00 bits per heavy atom. The van der Waals surface area contributed by atoms with E-state index in [4.69, 9.17) is 14.2 Å². The molecule has 0 spiro atoms. The van der Waals surface area contributed by atoms with E-state index in [1.807, 2.05) is 24.3 Å². The van der Waals surface area contributed by atoms with Crippen LogP contribution >= 0.6 is 0 Å². The maximum absolute atomic E-state index is 5.34. The van der Waals surface area contributed by atoms with Crippen LogP contribution in [-0.2, 0) is 4.74 Å². The minimum atomic E-state index is 0.676. The van der Waals surface area contributed by atoms with E-state index >= 15 is 0 Å². The van der Waals surface area contributed by atoms with E-state index in [-0.39, 0.29) is 0 Å². The molecule has 2 rings (SSSR count). The molecule has 1 aliphatic heterocycles. The van der Waals surface area contributed by atoms with Gasteiger partial charge in [-0.2, -0.15) is 0 Å². The minimum Gasteiger partial charge on any atom is -0.493 e. The molecule has 0 aliphatic carbocycles. The number of rotatable bonds is 3. The van der Waals surface area contributed by atoms with Gasteiger partial charge in [0, 0.05) is 0 Å². The molecule has 68 valence electrons. The number of methoxy groups -OCH3 is 1. The summed E-state index contributed by atoms with van der Waals surface area (Å²) >= 11 is 0. The van der Waals surface area contributed by atoms with Crippen molar-refractivity contribution >= 4 is 0 Å². The number of hydrogen-bond acceptors (Lipinski definition) is 3. The van der Waals surface area contributed by atoms with Crippen molar-refractivity contribution in [2.75, 3.05) is 13.7 Å². The third kappa shape index (κ3) is 1.93. The fraction of sp³-hybridized carbons (Fsp3) is 0.200. The van der Waals surface area contributed by atoms with E-state index in [2.05, 4.69) is 0 Å². The van der Waals surface area contributed by atoms with Crippen LogP contribution in [0.15, 0.2) is 36.3 Å². The molecule has 0 saturated carbocycles. The largest absolute Gasteiger partial charge is 0.493 e. The van der Waals surface area contributed by atoms with Crippen LogP contribution < -0.4 is 9.47 Å². The fourth-order valence-corrected chi connectivity index (χ4v) is 0.955. The molecule has 1 aromatic rings. The summed E-state index contributed by atoms with van der Waals surface area (Å²) in [5, 5.41) is 0.